The highest BCUT2D eigenvalue weighted by Gasteiger charge is 2.13. The Kier molecular flexibility index (Phi) is 4.47. The second-order valence-electron chi connectivity index (χ2n) is 4.01. The lowest BCUT2D eigenvalue weighted by molar-refractivity contribution is -0.0499. The highest BCUT2D eigenvalue weighted by Crippen LogP contribution is 2.27. The highest BCUT2D eigenvalue weighted by atomic mass is 19.3. The number of hydrogen-bond donors (Lipinski definition) is 1. The fraction of sp³-hybridized carbons (Fsp3) is 0.214. The van der Waals surface area contributed by atoms with Gasteiger partial charge in [-0.15, -0.1) is 0 Å². The summed E-state index contributed by atoms with van der Waals surface area (Å²) in [6, 6.07) is 7.52. The number of aliphatic hydroxyl groups excluding tert-OH is 1. The van der Waals surface area contributed by atoms with Crippen LogP contribution in [0.1, 0.15) is 17.2 Å². The number of alkyl halides is 2. The van der Waals surface area contributed by atoms with Crippen molar-refractivity contribution in [2.75, 3.05) is 7.11 Å². The Labute approximate surface area is 114 Å². The molecule has 0 bridgehead atoms. The van der Waals surface area contributed by atoms with Crippen molar-refractivity contribution in [3.05, 3.63) is 53.9 Å². The zero-order chi connectivity index (χ0) is 14.5. The van der Waals surface area contributed by atoms with Crippen LogP contribution in [0.15, 0.2) is 42.7 Å². The summed E-state index contributed by atoms with van der Waals surface area (Å²) in [6.07, 6.45) is 1.99. The van der Waals surface area contributed by atoms with Gasteiger partial charge in [0.1, 0.15) is 17.6 Å². The summed E-state index contributed by atoms with van der Waals surface area (Å²) in [5, 5.41) is 10.2. The Morgan fingerprint density at radius 1 is 1.10 bits per heavy atom. The zero-order valence-electron chi connectivity index (χ0n) is 10.7. The quantitative estimate of drug-likeness (QED) is 0.915. The molecule has 1 aromatic heterocycles. The summed E-state index contributed by atoms with van der Waals surface area (Å²) >= 11 is 0. The number of halogens is 2. The van der Waals surface area contributed by atoms with E-state index in [1.54, 1.807) is 12.1 Å². The standard InChI is InChI=1S/C14H13F2NO3/c1-19-12-6-10(7-17-8-12)13(18)9-3-2-4-11(5-9)20-14(15)16/h2-8,13-14,18H,1H3. The van der Waals surface area contributed by atoms with Crippen LogP contribution in [0.4, 0.5) is 8.78 Å². The van der Waals surface area contributed by atoms with Gasteiger partial charge in [-0.25, -0.2) is 0 Å². The lowest BCUT2D eigenvalue weighted by atomic mass is 10.0. The van der Waals surface area contributed by atoms with Gasteiger partial charge < -0.3 is 14.6 Å². The number of benzene rings is 1. The van der Waals surface area contributed by atoms with Crippen molar-refractivity contribution >= 4 is 0 Å². The van der Waals surface area contributed by atoms with Gasteiger partial charge in [0.25, 0.3) is 0 Å². The number of pyridine rings is 1. The van der Waals surface area contributed by atoms with E-state index in [9.17, 15) is 13.9 Å². The molecule has 1 aromatic carbocycles. The van der Waals surface area contributed by atoms with Crippen molar-refractivity contribution in [3.63, 3.8) is 0 Å². The predicted molar refractivity (Wildman–Crippen MR) is 67.9 cm³/mol. The lowest BCUT2D eigenvalue weighted by Crippen LogP contribution is -2.04. The normalized spacial score (nSPS) is 12.2. The first kappa shape index (κ1) is 14.2. The van der Waals surface area contributed by atoms with E-state index in [4.69, 9.17) is 4.74 Å². The molecule has 0 spiro atoms. The number of hydrogen-bond acceptors (Lipinski definition) is 4. The fourth-order valence-corrected chi connectivity index (χ4v) is 1.75. The largest absolute Gasteiger partial charge is 0.495 e. The first-order chi connectivity index (χ1) is 9.60. The molecule has 2 aromatic rings. The van der Waals surface area contributed by atoms with Gasteiger partial charge in [0.05, 0.1) is 13.3 Å². The molecule has 0 saturated carbocycles. The van der Waals surface area contributed by atoms with Gasteiger partial charge in [-0.2, -0.15) is 8.78 Å². The molecule has 1 unspecified atom stereocenters. The smallest absolute Gasteiger partial charge is 0.387 e. The number of aromatic nitrogens is 1. The molecule has 1 heterocycles. The van der Waals surface area contributed by atoms with Gasteiger partial charge in [-0.3, -0.25) is 4.98 Å². The number of rotatable bonds is 5. The van der Waals surface area contributed by atoms with Crippen molar-refractivity contribution < 1.29 is 23.4 Å². The first-order valence-electron chi connectivity index (χ1n) is 5.82. The van der Waals surface area contributed by atoms with E-state index >= 15 is 0 Å². The van der Waals surface area contributed by atoms with Crippen LogP contribution in [0.2, 0.25) is 0 Å². The van der Waals surface area contributed by atoms with E-state index in [1.165, 1.54) is 37.7 Å². The van der Waals surface area contributed by atoms with Crippen LogP contribution in [0.3, 0.4) is 0 Å². The highest BCUT2D eigenvalue weighted by molar-refractivity contribution is 5.36. The van der Waals surface area contributed by atoms with E-state index in [1.807, 2.05) is 0 Å². The molecule has 1 N–H and O–H groups in total. The average Bonchev–Trinajstić information content (AvgIpc) is 2.46. The molecule has 0 aliphatic carbocycles. The molecule has 4 nitrogen and oxygen atoms in total. The minimum absolute atomic E-state index is 0.00703. The molecule has 0 fully saturated rings. The summed E-state index contributed by atoms with van der Waals surface area (Å²) in [5.74, 6) is 0.494. The molecule has 0 aliphatic heterocycles. The molecule has 0 amide bonds. The number of ether oxygens (including phenoxy) is 2. The summed E-state index contributed by atoms with van der Waals surface area (Å²) in [7, 11) is 1.49. The second-order valence-corrected chi connectivity index (χ2v) is 4.01. The Morgan fingerprint density at radius 2 is 1.85 bits per heavy atom. The monoisotopic (exact) mass is 281 g/mol. The van der Waals surface area contributed by atoms with Crippen LogP contribution < -0.4 is 9.47 Å². The Morgan fingerprint density at radius 3 is 2.55 bits per heavy atom. The zero-order valence-corrected chi connectivity index (χ0v) is 10.7. The van der Waals surface area contributed by atoms with Crippen molar-refractivity contribution in [2.45, 2.75) is 12.7 Å². The molecule has 0 aliphatic rings. The van der Waals surface area contributed by atoms with Crippen LogP contribution in [0.5, 0.6) is 11.5 Å². The second kappa shape index (κ2) is 6.29. The summed E-state index contributed by atoms with van der Waals surface area (Å²) < 4.78 is 33.6. The van der Waals surface area contributed by atoms with Crippen LogP contribution in [0.25, 0.3) is 0 Å². The van der Waals surface area contributed by atoms with Crippen LogP contribution in [-0.4, -0.2) is 23.8 Å². The summed E-state index contributed by atoms with van der Waals surface area (Å²) in [6.45, 7) is -2.90. The molecule has 0 saturated heterocycles. The maximum absolute atomic E-state index is 12.2. The molecule has 6 heteroatoms. The van der Waals surface area contributed by atoms with Gasteiger partial charge in [0.2, 0.25) is 0 Å². The third-order valence-electron chi connectivity index (χ3n) is 2.68. The van der Waals surface area contributed by atoms with E-state index in [0.717, 1.165) is 0 Å². The predicted octanol–water partition coefficient (Wildman–Crippen LogP) is 2.77. The molecule has 1 atom stereocenters. The molecule has 106 valence electrons. The van der Waals surface area contributed by atoms with Crippen molar-refractivity contribution in [2.24, 2.45) is 0 Å². The fourth-order valence-electron chi connectivity index (χ4n) is 1.75. The topological polar surface area (TPSA) is 51.6 Å². The molecule has 20 heavy (non-hydrogen) atoms. The Hall–Kier alpha value is -2.21. The Bertz CT molecular complexity index is 578. The van der Waals surface area contributed by atoms with Crippen LogP contribution in [-0.2, 0) is 0 Å². The molecule has 0 radical (unpaired) electrons. The van der Waals surface area contributed by atoms with E-state index in [2.05, 4.69) is 9.72 Å². The minimum atomic E-state index is -2.90. The lowest BCUT2D eigenvalue weighted by Gasteiger charge is -2.13. The van der Waals surface area contributed by atoms with E-state index in [0.29, 0.717) is 16.9 Å². The van der Waals surface area contributed by atoms with Crippen molar-refractivity contribution in [1.29, 1.82) is 0 Å². The third-order valence-corrected chi connectivity index (χ3v) is 2.68. The van der Waals surface area contributed by atoms with Gasteiger partial charge in [0, 0.05) is 11.8 Å². The summed E-state index contributed by atoms with van der Waals surface area (Å²) in [4.78, 5) is 3.94. The number of nitrogens with zero attached hydrogens (tertiary/aromatic N) is 1. The third kappa shape index (κ3) is 3.42. The van der Waals surface area contributed by atoms with Crippen LogP contribution in [0, 0.1) is 0 Å². The van der Waals surface area contributed by atoms with Crippen molar-refractivity contribution in [1.82, 2.24) is 4.98 Å². The van der Waals surface area contributed by atoms with Gasteiger partial charge in [0.15, 0.2) is 0 Å². The van der Waals surface area contributed by atoms with Gasteiger partial charge in [-0.1, -0.05) is 12.1 Å². The Balaban J connectivity index is 2.25. The average molecular weight is 281 g/mol. The summed E-state index contributed by atoms with van der Waals surface area (Å²) in [5.41, 5.74) is 0.928. The maximum Gasteiger partial charge on any atom is 0.387 e. The molecule has 2 rings (SSSR count). The van der Waals surface area contributed by atoms with E-state index in [-0.39, 0.29) is 5.75 Å². The SMILES string of the molecule is COc1cncc(C(O)c2cccc(OC(F)F)c2)c1. The van der Waals surface area contributed by atoms with Gasteiger partial charge >= 0.3 is 6.61 Å². The minimum Gasteiger partial charge on any atom is -0.495 e. The maximum atomic E-state index is 12.2. The molecular formula is C14H13F2NO3. The molecular weight excluding hydrogens is 268 g/mol. The van der Waals surface area contributed by atoms with E-state index < -0.39 is 12.7 Å². The first-order valence-corrected chi connectivity index (χ1v) is 5.82. The van der Waals surface area contributed by atoms with Crippen molar-refractivity contribution in [3.8, 4) is 11.5 Å². The van der Waals surface area contributed by atoms with Gasteiger partial charge in [-0.05, 0) is 23.8 Å². The number of methoxy groups -OCH3 is 1. The van der Waals surface area contributed by atoms with Crippen LogP contribution >= 0.6 is 0 Å². The number of aliphatic hydroxyl groups is 1.